The predicted octanol–water partition coefficient (Wildman–Crippen LogP) is 0.962. The summed E-state index contributed by atoms with van der Waals surface area (Å²) in [6.07, 6.45) is 3.91. The van der Waals surface area contributed by atoms with Gasteiger partial charge in [-0.2, -0.15) is 0 Å². The van der Waals surface area contributed by atoms with E-state index in [-0.39, 0.29) is 31.2 Å². The first-order chi connectivity index (χ1) is 11.5. The van der Waals surface area contributed by atoms with Crippen LogP contribution in [0.25, 0.3) is 0 Å². The molecule has 24 heavy (non-hydrogen) atoms. The summed E-state index contributed by atoms with van der Waals surface area (Å²) in [7, 11) is 0. The molecule has 9 nitrogen and oxygen atoms in total. The maximum atomic E-state index is 11.8. The molecule has 130 valence electrons. The van der Waals surface area contributed by atoms with Crippen LogP contribution in [0.4, 0.5) is 5.82 Å². The molecule has 0 spiro atoms. The zero-order chi connectivity index (χ0) is 17.9. The standard InChI is InChI=1S/C15H19N3O6/c1-4-22-14(20)12(15(21)23-5-2)7-18-13-8-16-11(6-17-13)9-24-10(3)19/h6-8H,4-5,9H2,1-3H3,(H,17,18). The van der Waals surface area contributed by atoms with Crippen molar-refractivity contribution < 1.29 is 28.6 Å². The molecule has 1 aromatic heterocycles. The van der Waals surface area contributed by atoms with Crippen LogP contribution in [0.1, 0.15) is 26.5 Å². The molecule has 0 saturated carbocycles. The highest BCUT2D eigenvalue weighted by atomic mass is 16.6. The van der Waals surface area contributed by atoms with Crippen molar-refractivity contribution in [2.24, 2.45) is 0 Å². The minimum Gasteiger partial charge on any atom is -0.462 e. The quantitative estimate of drug-likeness (QED) is 0.243. The van der Waals surface area contributed by atoms with Gasteiger partial charge in [0.05, 0.1) is 31.3 Å². The molecule has 0 saturated heterocycles. The average Bonchev–Trinajstić information content (AvgIpc) is 2.54. The van der Waals surface area contributed by atoms with Gasteiger partial charge in [0, 0.05) is 13.1 Å². The Kier molecular flexibility index (Phi) is 7.89. The van der Waals surface area contributed by atoms with Gasteiger partial charge in [0.15, 0.2) is 5.57 Å². The van der Waals surface area contributed by atoms with Gasteiger partial charge in [-0.3, -0.25) is 9.78 Å². The highest BCUT2D eigenvalue weighted by molar-refractivity contribution is 6.14. The fourth-order valence-electron chi connectivity index (χ4n) is 1.44. The second-order valence-corrected chi connectivity index (χ2v) is 4.32. The molecule has 1 heterocycles. The van der Waals surface area contributed by atoms with Crippen LogP contribution in [-0.2, 0) is 35.2 Å². The molecule has 1 N–H and O–H groups in total. The van der Waals surface area contributed by atoms with E-state index in [4.69, 9.17) is 14.2 Å². The van der Waals surface area contributed by atoms with Crippen LogP contribution in [0, 0.1) is 0 Å². The topological polar surface area (TPSA) is 117 Å². The summed E-state index contributed by atoms with van der Waals surface area (Å²) in [4.78, 5) is 42.3. The Bertz CT molecular complexity index is 592. The van der Waals surface area contributed by atoms with Gasteiger partial charge in [-0.25, -0.2) is 14.6 Å². The first-order valence-corrected chi connectivity index (χ1v) is 7.23. The maximum Gasteiger partial charge on any atom is 0.347 e. The fourth-order valence-corrected chi connectivity index (χ4v) is 1.44. The monoisotopic (exact) mass is 337 g/mol. The third kappa shape index (κ3) is 6.42. The number of carbonyl (C=O) groups excluding carboxylic acids is 3. The van der Waals surface area contributed by atoms with Gasteiger partial charge in [0.2, 0.25) is 0 Å². The van der Waals surface area contributed by atoms with Gasteiger partial charge in [-0.1, -0.05) is 0 Å². The Morgan fingerprint density at radius 2 is 1.67 bits per heavy atom. The third-order valence-corrected chi connectivity index (χ3v) is 2.48. The van der Waals surface area contributed by atoms with E-state index in [2.05, 4.69) is 15.3 Å². The number of hydrogen-bond donors (Lipinski definition) is 1. The molecule has 0 atom stereocenters. The van der Waals surface area contributed by atoms with Crippen molar-refractivity contribution in [2.75, 3.05) is 18.5 Å². The molecule has 1 rings (SSSR count). The lowest BCUT2D eigenvalue weighted by Gasteiger charge is -2.07. The molecule has 0 amide bonds. The minimum absolute atomic E-state index is 0.00928. The molecule has 0 unspecified atom stereocenters. The van der Waals surface area contributed by atoms with E-state index in [1.807, 2.05) is 0 Å². The normalized spacial score (nSPS) is 9.62. The molecule has 0 aromatic carbocycles. The number of carbonyl (C=O) groups is 3. The van der Waals surface area contributed by atoms with Crippen molar-refractivity contribution >= 4 is 23.7 Å². The number of nitrogens with one attached hydrogen (secondary N) is 1. The van der Waals surface area contributed by atoms with Crippen molar-refractivity contribution in [1.82, 2.24) is 9.97 Å². The lowest BCUT2D eigenvalue weighted by atomic mass is 10.3. The number of aromatic nitrogens is 2. The van der Waals surface area contributed by atoms with Crippen molar-refractivity contribution in [3.8, 4) is 0 Å². The van der Waals surface area contributed by atoms with E-state index >= 15 is 0 Å². The number of nitrogens with zero attached hydrogens (tertiary/aromatic N) is 2. The highest BCUT2D eigenvalue weighted by Crippen LogP contribution is 2.06. The van der Waals surface area contributed by atoms with Crippen molar-refractivity contribution in [2.45, 2.75) is 27.4 Å². The lowest BCUT2D eigenvalue weighted by molar-refractivity contribution is -0.146. The summed E-state index contributed by atoms with van der Waals surface area (Å²) in [5.41, 5.74) is 0.167. The first-order valence-electron chi connectivity index (χ1n) is 7.23. The summed E-state index contributed by atoms with van der Waals surface area (Å²) >= 11 is 0. The van der Waals surface area contributed by atoms with E-state index in [0.717, 1.165) is 6.20 Å². The van der Waals surface area contributed by atoms with Gasteiger partial charge in [0.1, 0.15) is 12.4 Å². The Morgan fingerprint density at radius 1 is 1.04 bits per heavy atom. The van der Waals surface area contributed by atoms with Gasteiger partial charge in [0.25, 0.3) is 0 Å². The van der Waals surface area contributed by atoms with Crippen LogP contribution in [-0.4, -0.2) is 41.1 Å². The minimum atomic E-state index is -0.803. The zero-order valence-electron chi connectivity index (χ0n) is 13.7. The van der Waals surface area contributed by atoms with E-state index in [0.29, 0.717) is 5.69 Å². The molecule has 0 aliphatic heterocycles. The Balaban J connectivity index is 2.79. The van der Waals surface area contributed by atoms with Gasteiger partial charge in [-0.15, -0.1) is 0 Å². The Morgan fingerprint density at radius 3 is 2.12 bits per heavy atom. The molecule has 0 radical (unpaired) electrons. The fraction of sp³-hybridized carbons (Fsp3) is 0.400. The zero-order valence-corrected chi connectivity index (χ0v) is 13.7. The van der Waals surface area contributed by atoms with Crippen LogP contribution in [0.5, 0.6) is 0 Å². The van der Waals surface area contributed by atoms with Crippen molar-refractivity contribution in [1.29, 1.82) is 0 Å². The van der Waals surface area contributed by atoms with Gasteiger partial charge >= 0.3 is 17.9 Å². The lowest BCUT2D eigenvalue weighted by Crippen LogP contribution is -2.19. The number of esters is 3. The van der Waals surface area contributed by atoms with Crippen molar-refractivity contribution in [3.05, 3.63) is 29.9 Å². The van der Waals surface area contributed by atoms with E-state index in [9.17, 15) is 14.4 Å². The number of ether oxygens (including phenoxy) is 3. The first kappa shape index (κ1) is 19.1. The smallest absolute Gasteiger partial charge is 0.347 e. The van der Waals surface area contributed by atoms with Gasteiger partial charge < -0.3 is 19.5 Å². The summed E-state index contributed by atoms with van der Waals surface area (Å²) < 4.78 is 14.4. The third-order valence-electron chi connectivity index (χ3n) is 2.48. The van der Waals surface area contributed by atoms with E-state index in [1.165, 1.54) is 19.3 Å². The second-order valence-electron chi connectivity index (χ2n) is 4.32. The predicted molar refractivity (Wildman–Crippen MR) is 82.5 cm³/mol. The molecular weight excluding hydrogens is 318 g/mol. The average molecular weight is 337 g/mol. The second kappa shape index (κ2) is 9.93. The highest BCUT2D eigenvalue weighted by Gasteiger charge is 2.20. The summed E-state index contributed by atoms with van der Waals surface area (Å²) in [5, 5.41) is 2.67. The summed E-state index contributed by atoms with van der Waals surface area (Å²) in [6.45, 7) is 4.80. The number of hydrogen-bond acceptors (Lipinski definition) is 9. The summed E-state index contributed by atoms with van der Waals surface area (Å²) in [5.74, 6) is -1.74. The van der Waals surface area contributed by atoms with Crippen LogP contribution in [0.15, 0.2) is 24.2 Å². The van der Waals surface area contributed by atoms with Crippen LogP contribution in [0.3, 0.4) is 0 Å². The van der Waals surface area contributed by atoms with Crippen LogP contribution >= 0.6 is 0 Å². The largest absolute Gasteiger partial charge is 0.462 e. The molecular formula is C15H19N3O6. The maximum absolute atomic E-state index is 11.8. The Labute approximate surface area is 139 Å². The van der Waals surface area contributed by atoms with Crippen LogP contribution in [0.2, 0.25) is 0 Å². The summed E-state index contributed by atoms with van der Waals surface area (Å²) in [6, 6.07) is 0. The number of rotatable bonds is 8. The number of anilines is 1. The molecule has 0 fully saturated rings. The molecule has 0 bridgehead atoms. The van der Waals surface area contributed by atoms with E-state index < -0.39 is 17.9 Å². The Hall–Kier alpha value is -2.97. The SMILES string of the molecule is CCOC(=O)C(=CNc1cnc(COC(C)=O)cn1)C(=O)OCC. The molecule has 0 aliphatic carbocycles. The van der Waals surface area contributed by atoms with Crippen LogP contribution < -0.4 is 5.32 Å². The molecule has 1 aromatic rings. The van der Waals surface area contributed by atoms with E-state index in [1.54, 1.807) is 13.8 Å². The van der Waals surface area contributed by atoms with Crippen molar-refractivity contribution in [3.63, 3.8) is 0 Å². The molecule has 0 aliphatic rings. The molecule has 9 heteroatoms. The van der Waals surface area contributed by atoms with Gasteiger partial charge in [-0.05, 0) is 13.8 Å².